The fraction of sp³-hybridized carbons (Fsp3) is 0.500. The first-order chi connectivity index (χ1) is 13.7. The average molecular weight is 420 g/mol. The molecule has 0 bridgehead atoms. The lowest BCUT2D eigenvalue weighted by atomic mass is 9.89. The summed E-state index contributed by atoms with van der Waals surface area (Å²) in [6.07, 6.45) is 3.31. The highest BCUT2D eigenvalue weighted by molar-refractivity contribution is 7.86. The molecular weight excluding hydrogens is 390 g/mol. The Bertz CT molecular complexity index is 937. The van der Waals surface area contributed by atoms with Crippen molar-refractivity contribution in [3.05, 3.63) is 36.2 Å². The molecule has 1 aliphatic rings. The topological polar surface area (TPSA) is 78.9 Å². The van der Waals surface area contributed by atoms with Gasteiger partial charge in [-0.3, -0.25) is 0 Å². The lowest BCUT2D eigenvalue weighted by Crippen LogP contribution is -2.44. The lowest BCUT2D eigenvalue weighted by molar-refractivity contribution is 0.300. The van der Waals surface area contributed by atoms with Gasteiger partial charge in [-0.05, 0) is 30.5 Å². The number of anilines is 1. The zero-order valence-electron chi connectivity index (χ0n) is 17.7. The van der Waals surface area contributed by atoms with Gasteiger partial charge in [-0.1, -0.05) is 12.1 Å². The van der Waals surface area contributed by atoms with E-state index in [4.69, 9.17) is 9.72 Å². The van der Waals surface area contributed by atoms with Crippen LogP contribution < -0.4 is 9.64 Å². The number of ether oxygens (including phenoxy) is 1. The largest absolute Gasteiger partial charge is 0.497 e. The van der Waals surface area contributed by atoms with Gasteiger partial charge >= 0.3 is 0 Å². The first-order valence-electron chi connectivity index (χ1n) is 9.60. The van der Waals surface area contributed by atoms with Gasteiger partial charge in [0.15, 0.2) is 0 Å². The molecule has 1 aliphatic heterocycles. The molecule has 0 spiro atoms. The Hall–Kier alpha value is -2.23. The van der Waals surface area contributed by atoms with Crippen molar-refractivity contribution < 1.29 is 13.2 Å². The third kappa shape index (κ3) is 4.52. The fourth-order valence-corrected chi connectivity index (χ4v) is 4.63. The lowest BCUT2D eigenvalue weighted by Gasteiger charge is -2.33. The average Bonchev–Trinajstić information content (AvgIpc) is 2.73. The number of rotatable bonds is 6. The quantitative estimate of drug-likeness (QED) is 0.714. The molecule has 158 valence electrons. The Morgan fingerprint density at radius 1 is 1.07 bits per heavy atom. The molecule has 0 N–H and O–H groups in total. The Balaban J connectivity index is 1.92. The predicted molar refractivity (Wildman–Crippen MR) is 115 cm³/mol. The van der Waals surface area contributed by atoms with Crippen LogP contribution in [-0.4, -0.2) is 75.4 Å². The second-order valence-corrected chi connectivity index (χ2v) is 9.70. The highest BCUT2D eigenvalue weighted by atomic mass is 32.2. The molecule has 0 aliphatic carbocycles. The molecule has 0 amide bonds. The molecule has 3 rings (SSSR count). The summed E-state index contributed by atoms with van der Waals surface area (Å²) in [5.74, 6) is 1.62. The van der Waals surface area contributed by atoms with Crippen LogP contribution in [0, 0.1) is 0 Å². The maximum Gasteiger partial charge on any atom is 0.281 e. The Morgan fingerprint density at radius 2 is 1.69 bits per heavy atom. The van der Waals surface area contributed by atoms with Crippen LogP contribution in [-0.2, 0) is 10.2 Å². The number of nitrogens with zero attached hydrogens (tertiary/aromatic N) is 5. The molecule has 0 radical (unpaired) electrons. The highest BCUT2D eigenvalue weighted by Crippen LogP contribution is 2.35. The number of hydrogen-bond donors (Lipinski definition) is 0. The van der Waals surface area contributed by atoms with E-state index >= 15 is 0 Å². The van der Waals surface area contributed by atoms with E-state index in [1.54, 1.807) is 25.5 Å². The second-order valence-electron chi connectivity index (χ2n) is 7.56. The molecule has 1 aromatic heterocycles. The van der Waals surface area contributed by atoms with Crippen LogP contribution in [0.5, 0.6) is 5.75 Å². The van der Waals surface area contributed by atoms with E-state index in [0.717, 1.165) is 35.4 Å². The van der Waals surface area contributed by atoms with Crippen molar-refractivity contribution in [1.82, 2.24) is 18.6 Å². The van der Waals surface area contributed by atoms with Crippen molar-refractivity contribution in [3.8, 4) is 16.9 Å². The third-order valence-corrected chi connectivity index (χ3v) is 7.18. The third-order valence-electron chi connectivity index (χ3n) is 5.23. The van der Waals surface area contributed by atoms with Crippen molar-refractivity contribution in [3.63, 3.8) is 0 Å². The molecule has 8 nitrogen and oxygen atoms in total. The van der Waals surface area contributed by atoms with E-state index < -0.39 is 10.2 Å². The standard InChI is InChI=1S/C20H29N5O3S/c1-23(2)20-21-14-18(15-6-8-17(28-5)9-7-15)19(22-20)16-10-12-25(13-11-16)29(26,27)24(3)4/h6-9,14,16H,10-13H2,1-5H3. The molecule has 0 saturated carbocycles. The molecule has 0 atom stereocenters. The summed E-state index contributed by atoms with van der Waals surface area (Å²) < 4.78 is 32.9. The van der Waals surface area contributed by atoms with Crippen LogP contribution in [0.2, 0.25) is 0 Å². The molecule has 2 heterocycles. The summed E-state index contributed by atoms with van der Waals surface area (Å²) >= 11 is 0. The number of hydrogen-bond acceptors (Lipinski definition) is 6. The number of methoxy groups -OCH3 is 1. The Labute approximate surface area is 173 Å². The second kappa shape index (κ2) is 8.64. The van der Waals surface area contributed by atoms with Gasteiger partial charge in [-0.15, -0.1) is 0 Å². The maximum absolute atomic E-state index is 12.4. The van der Waals surface area contributed by atoms with Crippen LogP contribution in [0.3, 0.4) is 0 Å². The number of piperidine rings is 1. The van der Waals surface area contributed by atoms with Crippen LogP contribution in [0.1, 0.15) is 24.5 Å². The van der Waals surface area contributed by atoms with Crippen LogP contribution in [0.15, 0.2) is 30.5 Å². The van der Waals surface area contributed by atoms with Crippen molar-refractivity contribution in [1.29, 1.82) is 0 Å². The van der Waals surface area contributed by atoms with Crippen LogP contribution in [0.4, 0.5) is 5.95 Å². The van der Waals surface area contributed by atoms with E-state index in [-0.39, 0.29) is 5.92 Å². The van der Waals surface area contributed by atoms with Crippen molar-refractivity contribution in [2.75, 3.05) is 53.3 Å². The summed E-state index contributed by atoms with van der Waals surface area (Å²) in [5, 5.41) is 0. The zero-order valence-corrected chi connectivity index (χ0v) is 18.5. The van der Waals surface area contributed by atoms with E-state index in [2.05, 4.69) is 4.98 Å². The maximum atomic E-state index is 12.4. The first kappa shape index (κ1) is 21.5. The first-order valence-corrected chi connectivity index (χ1v) is 11.0. The van der Waals surface area contributed by atoms with Gasteiger partial charge < -0.3 is 9.64 Å². The summed E-state index contributed by atoms with van der Waals surface area (Å²) in [7, 11) is 5.22. The Morgan fingerprint density at radius 3 is 2.21 bits per heavy atom. The van der Waals surface area contributed by atoms with E-state index in [1.165, 1.54) is 4.31 Å². The molecule has 9 heteroatoms. The van der Waals surface area contributed by atoms with Crippen molar-refractivity contribution in [2.45, 2.75) is 18.8 Å². The molecule has 0 unspecified atom stereocenters. The number of benzene rings is 1. The van der Waals surface area contributed by atoms with Gasteiger partial charge in [-0.2, -0.15) is 17.0 Å². The highest BCUT2D eigenvalue weighted by Gasteiger charge is 2.32. The summed E-state index contributed by atoms with van der Waals surface area (Å²) in [4.78, 5) is 11.2. The zero-order chi connectivity index (χ0) is 21.2. The smallest absolute Gasteiger partial charge is 0.281 e. The van der Waals surface area contributed by atoms with Crippen molar-refractivity contribution >= 4 is 16.2 Å². The SMILES string of the molecule is COc1ccc(-c2cnc(N(C)C)nc2C2CCN(S(=O)(=O)N(C)C)CC2)cc1. The van der Waals surface area contributed by atoms with Crippen molar-refractivity contribution in [2.24, 2.45) is 0 Å². The molecule has 1 aromatic carbocycles. The van der Waals surface area contributed by atoms with Gasteiger partial charge in [0, 0.05) is 59.0 Å². The normalized spacial score (nSPS) is 16.2. The summed E-state index contributed by atoms with van der Waals surface area (Å²) in [6, 6.07) is 7.85. The summed E-state index contributed by atoms with van der Waals surface area (Å²) in [6.45, 7) is 0.961. The van der Waals surface area contributed by atoms with E-state index in [1.807, 2.05) is 49.5 Å². The minimum Gasteiger partial charge on any atom is -0.497 e. The van der Waals surface area contributed by atoms with Crippen LogP contribution in [0.25, 0.3) is 11.1 Å². The van der Waals surface area contributed by atoms with E-state index in [0.29, 0.717) is 19.0 Å². The van der Waals surface area contributed by atoms with Gasteiger partial charge in [0.1, 0.15) is 5.75 Å². The monoisotopic (exact) mass is 419 g/mol. The number of aromatic nitrogens is 2. The van der Waals surface area contributed by atoms with E-state index in [9.17, 15) is 8.42 Å². The molecule has 2 aromatic rings. The fourth-order valence-electron chi connectivity index (χ4n) is 3.50. The minimum atomic E-state index is -3.39. The summed E-state index contributed by atoms with van der Waals surface area (Å²) in [5.41, 5.74) is 2.97. The predicted octanol–water partition coefficient (Wildman–Crippen LogP) is 2.20. The molecule has 1 fully saturated rings. The van der Waals surface area contributed by atoms with Gasteiger partial charge in [0.05, 0.1) is 12.8 Å². The Kier molecular flexibility index (Phi) is 6.40. The van der Waals surface area contributed by atoms with Crippen LogP contribution >= 0.6 is 0 Å². The van der Waals surface area contributed by atoms with Gasteiger partial charge in [0.25, 0.3) is 10.2 Å². The minimum absolute atomic E-state index is 0.169. The van der Waals surface area contributed by atoms with Gasteiger partial charge in [-0.25, -0.2) is 9.97 Å². The molecule has 29 heavy (non-hydrogen) atoms. The van der Waals surface area contributed by atoms with Gasteiger partial charge in [0.2, 0.25) is 5.95 Å². The molecular formula is C20H29N5O3S. The molecule has 1 saturated heterocycles.